The molecular weight excluding hydrogens is 262 g/mol. The van der Waals surface area contributed by atoms with Crippen molar-refractivity contribution in [1.29, 1.82) is 0 Å². The number of nitrogens with one attached hydrogen (secondary N) is 1. The summed E-state index contributed by atoms with van der Waals surface area (Å²) >= 11 is 0. The number of likely N-dealkylation sites (N-methyl/N-ethyl adjacent to an activating group) is 2. The lowest BCUT2D eigenvalue weighted by Crippen LogP contribution is -2.40. The third-order valence-electron chi connectivity index (χ3n) is 4.87. The molecule has 1 N–H and O–H groups in total. The molecule has 2 aliphatic rings. The third-order valence-corrected chi connectivity index (χ3v) is 4.87. The molecule has 0 bridgehead atoms. The van der Waals surface area contributed by atoms with E-state index in [9.17, 15) is 4.79 Å². The Labute approximate surface area is 127 Å². The van der Waals surface area contributed by atoms with Crippen molar-refractivity contribution >= 4 is 5.91 Å². The largest absolute Gasteiger partial charge is 0.340 e. The van der Waals surface area contributed by atoms with E-state index in [2.05, 4.69) is 23.3 Å². The van der Waals surface area contributed by atoms with Gasteiger partial charge in [0.15, 0.2) is 0 Å². The van der Waals surface area contributed by atoms with Crippen LogP contribution in [0.2, 0.25) is 0 Å². The molecule has 2 heterocycles. The van der Waals surface area contributed by atoms with E-state index in [1.807, 2.05) is 24.1 Å². The standard InChI is InChI=1S/C17H25N3O/c1-19-10-4-6-14(19)12-20(2)17(21)16-7-3-5-13-11-18-9-8-15(13)16/h3,5,7,14,18H,4,6,8-12H2,1-2H3. The van der Waals surface area contributed by atoms with E-state index in [0.29, 0.717) is 6.04 Å². The zero-order valence-corrected chi connectivity index (χ0v) is 13.1. The second-order valence-corrected chi connectivity index (χ2v) is 6.33. The zero-order valence-electron chi connectivity index (χ0n) is 13.1. The molecule has 0 saturated carbocycles. The molecular formula is C17H25N3O. The van der Waals surface area contributed by atoms with Gasteiger partial charge in [0.25, 0.3) is 5.91 Å². The first kappa shape index (κ1) is 14.5. The van der Waals surface area contributed by atoms with Crippen LogP contribution in [0.4, 0.5) is 0 Å². The molecule has 1 saturated heterocycles. The Kier molecular flexibility index (Phi) is 4.27. The van der Waals surface area contributed by atoms with Gasteiger partial charge in [-0.1, -0.05) is 12.1 Å². The number of amides is 1. The minimum atomic E-state index is 0.175. The Balaban J connectivity index is 1.75. The zero-order chi connectivity index (χ0) is 14.8. The topological polar surface area (TPSA) is 35.6 Å². The summed E-state index contributed by atoms with van der Waals surface area (Å²) in [4.78, 5) is 17.1. The molecule has 2 aliphatic heterocycles. The molecule has 0 aromatic heterocycles. The van der Waals surface area contributed by atoms with Crippen LogP contribution in [0.15, 0.2) is 18.2 Å². The molecule has 4 nitrogen and oxygen atoms in total. The maximum absolute atomic E-state index is 12.8. The van der Waals surface area contributed by atoms with Crippen LogP contribution in [0.3, 0.4) is 0 Å². The highest BCUT2D eigenvalue weighted by Crippen LogP contribution is 2.21. The highest BCUT2D eigenvalue weighted by molar-refractivity contribution is 5.96. The second kappa shape index (κ2) is 6.16. The van der Waals surface area contributed by atoms with Gasteiger partial charge in [-0.25, -0.2) is 0 Å². The molecule has 1 aromatic carbocycles. The number of hydrogen-bond acceptors (Lipinski definition) is 3. The summed E-state index contributed by atoms with van der Waals surface area (Å²) in [6.45, 7) is 3.83. The van der Waals surface area contributed by atoms with Crippen LogP contribution in [-0.4, -0.2) is 55.5 Å². The summed E-state index contributed by atoms with van der Waals surface area (Å²) in [6, 6.07) is 6.64. The molecule has 0 aliphatic carbocycles. The van der Waals surface area contributed by atoms with Crippen LogP contribution in [0.1, 0.15) is 34.3 Å². The fraction of sp³-hybridized carbons (Fsp3) is 0.588. The number of carbonyl (C=O) groups excluding carboxylic acids is 1. The SMILES string of the molecule is CN(CC1CCCN1C)C(=O)c1cccc2c1CCNC2. The van der Waals surface area contributed by atoms with E-state index in [0.717, 1.165) is 38.2 Å². The first-order chi connectivity index (χ1) is 10.2. The van der Waals surface area contributed by atoms with Crippen LogP contribution in [0.25, 0.3) is 0 Å². The predicted molar refractivity (Wildman–Crippen MR) is 84.5 cm³/mol. The number of likely N-dealkylation sites (tertiary alicyclic amines) is 1. The van der Waals surface area contributed by atoms with E-state index in [4.69, 9.17) is 0 Å². The van der Waals surface area contributed by atoms with Gasteiger partial charge in [-0.05, 0) is 56.6 Å². The van der Waals surface area contributed by atoms with Crippen molar-refractivity contribution in [2.75, 3.05) is 33.7 Å². The first-order valence-electron chi connectivity index (χ1n) is 7.94. The normalized spacial score (nSPS) is 22.1. The summed E-state index contributed by atoms with van der Waals surface area (Å²) in [6.07, 6.45) is 3.40. The van der Waals surface area contributed by atoms with Gasteiger partial charge in [0.2, 0.25) is 0 Å². The lowest BCUT2D eigenvalue weighted by atomic mass is 9.95. The summed E-state index contributed by atoms with van der Waals surface area (Å²) in [5.41, 5.74) is 3.42. The Hall–Kier alpha value is -1.39. The van der Waals surface area contributed by atoms with Gasteiger partial charge in [-0.3, -0.25) is 4.79 Å². The minimum absolute atomic E-state index is 0.175. The molecule has 114 valence electrons. The summed E-state index contributed by atoms with van der Waals surface area (Å²) in [7, 11) is 4.10. The van der Waals surface area contributed by atoms with Gasteiger partial charge < -0.3 is 15.1 Å². The van der Waals surface area contributed by atoms with Crippen LogP contribution in [0, 0.1) is 0 Å². The van der Waals surface area contributed by atoms with Gasteiger partial charge in [-0.15, -0.1) is 0 Å². The quantitative estimate of drug-likeness (QED) is 0.915. The summed E-state index contributed by atoms with van der Waals surface area (Å²) in [5.74, 6) is 0.175. The molecule has 3 rings (SSSR count). The van der Waals surface area contributed by atoms with Gasteiger partial charge in [0.05, 0.1) is 0 Å². The maximum atomic E-state index is 12.8. The molecule has 1 aromatic rings. The van der Waals surface area contributed by atoms with Crippen LogP contribution in [-0.2, 0) is 13.0 Å². The number of rotatable bonds is 3. The molecule has 4 heteroatoms. The molecule has 1 atom stereocenters. The number of fused-ring (bicyclic) bond motifs is 1. The summed E-state index contributed by atoms with van der Waals surface area (Å²) in [5, 5.41) is 3.37. The van der Waals surface area contributed by atoms with Gasteiger partial charge in [-0.2, -0.15) is 0 Å². The van der Waals surface area contributed by atoms with E-state index in [1.54, 1.807) is 0 Å². The molecule has 1 unspecified atom stereocenters. The van der Waals surface area contributed by atoms with Crippen molar-refractivity contribution in [3.05, 3.63) is 34.9 Å². The van der Waals surface area contributed by atoms with Crippen molar-refractivity contribution in [3.63, 3.8) is 0 Å². The minimum Gasteiger partial charge on any atom is -0.340 e. The summed E-state index contributed by atoms with van der Waals surface area (Å²) < 4.78 is 0. The Morgan fingerprint density at radius 3 is 3.10 bits per heavy atom. The lowest BCUT2D eigenvalue weighted by molar-refractivity contribution is 0.0760. The molecule has 21 heavy (non-hydrogen) atoms. The van der Waals surface area contributed by atoms with Crippen LogP contribution < -0.4 is 5.32 Å². The average molecular weight is 287 g/mol. The second-order valence-electron chi connectivity index (χ2n) is 6.33. The van der Waals surface area contributed by atoms with E-state index in [-0.39, 0.29) is 5.91 Å². The van der Waals surface area contributed by atoms with Gasteiger partial charge >= 0.3 is 0 Å². The number of hydrogen-bond donors (Lipinski definition) is 1. The predicted octanol–water partition coefficient (Wildman–Crippen LogP) is 1.50. The third kappa shape index (κ3) is 2.97. The average Bonchev–Trinajstić information content (AvgIpc) is 2.91. The van der Waals surface area contributed by atoms with Crippen LogP contribution in [0.5, 0.6) is 0 Å². The smallest absolute Gasteiger partial charge is 0.253 e. The van der Waals surface area contributed by atoms with E-state index < -0.39 is 0 Å². The van der Waals surface area contributed by atoms with Crippen molar-refractivity contribution in [1.82, 2.24) is 15.1 Å². The number of carbonyl (C=O) groups is 1. The fourth-order valence-electron chi connectivity index (χ4n) is 3.55. The lowest BCUT2D eigenvalue weighted by Gasteiger charge is -2.27. The van der Waals surface area contributed by atoms with Crippen molar-refractivity contribution in [2.24, 2.45) is 0 Å². The Morgan fingerprint density at radius 1 is 1.48 bits per heavy atom. The molecule has 0 spiro atoms. The maximum Gasteiger partial charge on any atom is 0.253 e. The highest BCUT2D eigenvalue weighted by atomic mass is 16.2. The fourth-order valence-corrected chi connectivity index (χ4v) is 3.55. The van der Waals surface area contributed by atoms with Crippen molar-refractivity contribution in [2.45, 2.75) is 31.8 Å². The van der Waals surface area contributed by atoms with Gasteiger partial charge in [0, 0.05) is 31.7 Å². The van der Waals surface area contributed by atoms with Crippen molar-refractivity contribution in [3.8, 4) is 0 Å². The van der Waals surface area contributed by atoms with Crippen LogP contribution >= 0.6 is 0 Å². The molecule has 0 radical (unpaired) electrons. The molecule has 1 amide bonds. The van der Waals surface area contributed by atoms with Crippen molar-refractivity contribution < 1.29 is 4.79 Å². The molecule has 1 fully saturated rings. The highest BCUT2D eigenvalue weighted by Gasteiger charge is 2.26. The van der Waals surface area contributed by atoms with E-state index in [1.165, 1.54) is 24.0 Å². The van der Waals surface area contributed by atoms with E-state index >= 15 is 0 Å². The number of nitrogens with zero attached hydrogens (tertiary/aromatic N) is 2. The first-order valence-corrected chi connectivity index (χ1v) is 7.94. The monoisotopic (exact) mass is 287 g/mol. The Morgan fingerprint density at radius 2 is 2.33 bits per heavy atom. The number of benzene rings is 1. The Bertz CT molecular complexity index is 529. The van der Waals surface area contributed by atoms with Gasteiger partial charge in [0.1, 0.15) is 0 Å².